The molecular formula is C11H16NNaO2. The zero-order valence-electron chi connectivity index (χ0n) is 10.8. The molecule has 0 heterocycles. The molecule has 1 N–H and O–H groups in total. The van der Waals surface area contributed by atoms with Crippen LogP contribution in [0.4, 0.5) is 5.69 Å². The number of anilines is 1. The van der Waals surface area contributed by atoms with Crippen LogP contribution < -0.4 is 34.9 Å². The van der Waals surface area contributed by atoms with Gasteiger partial charge in [0.2, 0.25) is 5.91 Å². The van der Waals surface area contributed by atoms with Crippen LogP contribution in [0.3, 0.4) is 0 Å². The Balaban J connectivity index is 0. The van der Waals surface area contributed by atoms with Gasteiger partial charge in [0.05, 0.1) is 0 Å². The van der Waals surface area contributed by atoms with Crippen molar-refractivity contribution >= 4 is 11.6 Å². The van der Waals surface area contributed by atoms with E-state index in [1.54, 1.807) is 0 Å². The first-order valence-corrected chi connectivity index (χ1v) is 4.50. The molecule has 0 aromatic heterocycles. The molecule has 0 atom stereocenters. The average molecular weight is 217 g/mol. The molecule has 1 rings (SSSR count). The van der Waals surface area contributed by atoms with Crippen LogP contribution in [-0.4, -0.2) is 19.6 Å². The molecule has 4 heteroatoms. The molecule has 0 radical (unpaired) electrons. The number of para-hydroxylation sites is 1. The Morgan fingerprint density at radius 1 is 1.40 bits per heavy atom. The first kappa shape index (κ1) is 14.6. The molecule has 1 aromatic carbocycles. The fourth-order valence-electron chi connectivity index (χ4n) is 1.32. The Labute approximate surface area is 114 Å². The number of rotatable bonds is 3. The summed E-state index contributed by atoms with van der Waals surface area (Å²) in [5, 5.41) is 2.82. The average Bonchev–Trinajstić information content (AvgIpc) is 2.12. The van der Waals surface area contributed by atoms with Crippen LogP contribution in [0, 0.1) is 13.8 Å². The second-order valence-corrected chi connectivity index (χ2v) is 3.25. The first-order valence-electron chi connectivity index (χ1n) is 4.50. The van der Waals surface area contributed by atoms with Crippen LogP contribution in [-0.2, 0) is 9.53 Å². The van der Waals surface area contributed by atoms with E-state index in [2.05, 4.69) is 5.32 Å². The van der Waals surface area contributed by atoms with Crippen molar-refractivity contribution in [2.45, 2.75) is 13.8 Å². The third-order valence-corrected chi connectivity index (χ3v) is 2.02. The third kappa shape index (κ3) is 4.34. The smallest absolute Gasteiger partial charge is 1.00 e. The van der Waals surface area contributed by atoms with Gasteiger partial charge in [-0.1, -0.05) is 18.2 Å². The summed E-state index contributed by atoms with van der Waals surface area (Å²) in [5.74, 6) is -0.120. The van der Waals surface area contributed by atoms with Gasteiger partial charge in [-0.2, -0.15) is 0 Å². The summed E-state index contributed by atoms with van der Waals surface area (Å²) < 4.78 is 4.74. The second kappa shape index (κ2) is 7.01. The minimum absolute atomic E-state index is 0. The Hall–Kier alpha value is -0.350. The SMILES string of the molecule is COCC(=O)Nc1c(C)cccc1C.[H-].[Na+]. The van der Waals surface area contributed by atoms with Gasteiger partial charge in [0.1, 0.15) is 6.61 Å². The van der Waals surface area contributed by atoms with E-state index in [9.17, 15) is 4.79 Å². The maximum Gasteiger partial charge on any atom is 1.00 e. The largest absolute Gasteiger partial charge is 1.00 e. The van der Waals surface area contributed by atoms with Crippen molar-refractivity contribution in [3.63, 3.8) is 0 Å². The standard InChI is InChI=1S/C11H15NO2.Na.H/c1-8-5-4-6-9(2)11(8)12-10(13)7-14-3;;/h4-6H,7H2,1-3H3,(H,12,13);;/q;+1;-1. The summed E-state index contributed by atoms with van der Waals surface area (Å²) in [6, 6.07) is 5.90. The molecule has 78 valence electrons. The van der Waals surface area contributed by atoms with Crippen molar-refractivity contribution in [2.24, 2.45) is 0 Å². The molecule has 0 aliphatic carbocycles. The molecule has 3 nitrogen and oxygen atoms in total. The topological polar surface area (TPSA) is 38.3 Å². The van der Waals surface area contributed by atoms with Crippen molar-refractivity contribution in [1.82, 2.24) is 0 Å². The van der Waals surface area contributed by atoms with E-state index in [0.29, 0.717) is 0 Å². The van der Waals surface area contributed by atoms with Gasteiger partial charge in [0.25, 0.3) is 0 Å². The summed E-state index contributed by atoms with van der Waals surface area (Å²) in [6.45, 7) is 4.03. The third-order valence-electron chi connectivity index (χ3n) is 2.02. The maximum atomic E-state index is 11.3. The monoisotopic (exact) mass is 217 g/mol. The van der Waals surface area contributed by atoms with Gasteiger partial charge in [-0.05, 0) is 25.0 Å². The van der Waals surface area contributed by atoms with E-state index < -0.39 is 0 Å². The number of carbonyl (C=O) groups is 1. The van der Waals surface area contributed by atoms with E-state index in [-0.39, 0.29) is 43.5 Å². The fraction of sp³-hybridized carbons (Fsp3) is 0.364. The second-order valence-electron chi connectivity index (χ2n) is 3.25. The predicted molar refractivity (Wildman–Crippen MR) is 57.5 cm³/mol. The number of amides is 1. The number of hydrogen-bond acceptors (Lipinski definition) is 2. The van der Waals surface area contributed by atoms with Crippen molar-refractivity contribution < 1.29 is 40.5 Å². The van der Waals surface area contributed by atoms with E-state index in [0.717, 1.165) is 16.8 Å². The summed E-state index contributed by atoms with van der Waals surface area (Å²) >= 11 is 0. The Morgan fingerprint density at radius 2 is 1.93 bits per heavy atom. The first-order chi connectivity index (χ1) is 6.65. The molecule has 0 saturated carbocycles. The Kier molecular flexibility index (Phi) is 6.85. The number of carbonyl (C=O) groups excluding carboxylic acids is 1. The molecular weight excluding hydrogens is 201 g/mol. The summed E-state index contributed by atoms with van der Waals surface area (Å²) in [6.07, 6.45) is 0. The van der Waals surface area contributed by atoms with Gasteiger partial charge in [-0.15, -0.1) is 0 Å². The molecule has 0 unspecified atom stereocenters. The van der Waals surface area contributed by atoms with Crippen molar-refractivity contribution in [3.8, 4) is 0 Å². The zero-order valence-corrected chi connectivity index (χ0v) is 11.8. The molecule has 1 aromatic rings. The van der Waals surface area contributed by atoms with Gasteiger partial charge in [-0.3, -0.25) is 4.79 Å². The zero-order chi connectivity index (χ0) is 10.6. The molecule has 0 spiro atoms. The summed E-state index contributed by atoms with van der Waals surface area (Å²) in [4.78, 5) is 11.3. The van der Waals surface area contributed by atoms with Gasteiger partial charge in [0, 0.05) is 12.8 Å². The number of aryl methyl sites for hydroxylation is 2. The quantitative estimate of drug-likeness (QED) is 0.660. The summed E-state index contributed by atoms with van der Waals surface area (Å²) in [7, 11) is 1.50. The maximum absolute atomic E-state index is 11.3. The molecule has 0 bridgehead atoms. The van der Waals surface area contributed by atoms with Crippen LogP contribution in [0.5, 0.6) is 0 Å². The molecule has 0 aliphatic heterocycles. The van der Waals surface area contributed by atoms with Gasteiger partial charge in [-0.25, -0.2) is 0 Å². The van der Waals surface area contributed by atoms with E-state index in [1.807, 2.05) is 32.0 Å². The van der Waals surface area contributed by atoms with E-state index >= 15 is 0 Å². The molecule has 1 amide bonds. The fourth-order valence-corrected chi connectivity index (χ4v) is 1.32. The van der Waals surface area contributed by atoms with Crippen LogP contribution in [0.2, 0.25) is 0 Å². The Morgan fingerprint density at radius 3 is 2.40 bits per heavy atom. The molecule has 0 saturated heterocycles. The van der Waals surface area contributed by atoms with E-state index in [4.69, 9.17) is 4.74 Å². The van der Waals surface area contributed by atoms with Crippen LogP contribution >= 0.6 is 0 Å². The van der Waals surface area contributed by atoms with Gasteiger partial charge < -0.3 is 11.5 Å². The van der Waals surface area contributed by atoms with E-state index in [1.165, 1.54) is 7.11 Å². The molecule has 0 fully saturated rings. The normalized spacial score (nSPS) is 9.27. The van der Waals surface area contributed by atoms with Crippen molar-refractivity contribution in [3.05, 3.63) is 29.3 Å². The number of methoxy groups -OCH3 is 1. The minimum Gasteiger partial charge on any atom is -1.00 e. The summed E-state index contributed by atoms with van der Waals surface area (Å²) in [5.41, 5.74) is 3.01. The van der Waals surface area contributed by atoms with Crippen LogP contribution in [0.15, 0.2) is 18.2 Å². The number of benzene rings is 1. The number of hydrogen-bond donors (Lipinski definition) is 1. The number of nitrogens with one attached hydrogen (secondary N) is 1. The minimum atomic E-state index is -0.120. The Bertz CT molecular complexity index is 325. The predicted octanol–water partition coefficient (Wildman–Crippen LogP) is -0.995. The van der Waals surface area contributed by atoms with Crippen LogP contribution in [0.25, 0.3) is 0 Å². The van der Waals surface area contributed by atoms with Crippen molar-refractivity contribution in [2.75, 3.05) is 19.0 Å². The van der Waals surface area contributed by atoms with Crippen LogP contribution in [0.1, 0.15) is 12.6 Å². The van der Waals surface area contributed by atoms with Gasteiger partial charge in [0.15, 0.2) is 0 Å². The van der Waals surface area contributed by atoms with Gasteiger partial charge >= 0.3 is 29.6 Å². The van der Waals surface area contributed by atoms with Crippen molar-refractivity contribution in [1.29, 1.82) is 0 Å². The molecule has 0 aliphatic rings. The number of ether oxygens (including phenoxy) is 1. The molecule has 15 heavy (non-hydrogen) atoms.